The van der Waals surface area contributed by atoms with Crippen LogP contribution in [0.2, 0.25) is 25.7 Å². The fourth-order valence-corrected chi connectivity index (χ4v) is 6.42. The molecule has 0 bridgehead atoms. The van der Waals surface area contributed by atoms with Gasteiger partial charge in [-0.05, 0) is 62.5 Å². The van der Waals surface area contributed by atoms with E-state index < -0.39 is 14.2 Å². The molecule has 3 aliphatic rings. The van der Waals surface area contributed by atoms with Gasteiger partial charge in [-0.3, -0.25) is 4.79 Å². The third kappa shape index (κ3) is 8.54. The molecule has 1 amide bonds. The molecular weight excluding hydrogens is 574 g/mol. The highest BCUT2D eigenvalue weighted by Gasteiger charge is 2.30. The molecule has 2 N–H and O–H groups in total. The highest BCUT2D eigenvalue weighted by molar-refractivity contribution is 6.76. The lowest BCUT2D eigenvalue weighted by Crippen LogP contribution is -2.36. The van der Waals surface area contributed by atoms with Gasteiger partial charge < -0.3 is 44.3 Å². The molecule has 44 heavy (non-hydrogen) atoms. The number of benzene rings is 2. The van der Waals surface area contributed by atoms with Crippen LogP contribution >= 0.6 is 0 Å². The first-order valence-electron chi connectivity index (χ1n) is 15.8. The van der Waals surface area contributed by atoms with Crippen molar-refractivity contribution in [1.29, 1.82) is 0 Å². The lowest BCUT2D eigenvalue weighted by atomic mass is 9.98. The van der Waals surface area contributed by atoms with E-state index in [1.54, 1.807) is 7.11 Å². The number of hydrogen-bond donors (Lipinski definition) is 2. The summed E-state index contributed by atoms with van der Waals surface area (Å²) in [4.78, 5) is 20.7. The zero-order chi connectivity index (χ0) is 31.1. The van der Waals surface area contributed by atoms with Gasteiger partial charge in [0.05, 0.1) is 31.7 Å². The Balaban J connectivity index is 1.38. The number of carbonyl (C=O) groups excluding carboxylic acids is 1. The Kier molecular flexibility index (Phi) is 10.9. The van der Waals surface area contributed by atoms with E-state index in [0.717, 1.165) is 99.0 Å². The van der Waals surface area contributed by atoms with Crippen molar-refractivity contribution < 1.29 is 23.7 Å². The predicted octanol–water partition coefficient (Wildman–Crippen LogP) is 4.99. The Bertz CT molecular complexity index is 1290. The van der Waals surface area contributed by atoms with E-state index in [2.05, 4.69) is 58.1 Å². The summed E-state index contributed by atoms with van der Waals surface area (Å²) in [6.45, 7) is 14.8. The monoisotopic (exact) mass is 623 g/mol. The van der Waals surface area contributed by atoms with E-state index >= 15 is 0 Å². The maximum absolute atomic E-state index is 13.7. The molecule has 0 spiro atoms. The predicted molar refractivity (Wildman–Crippen MR) is 180 cm³/mol. The van der Waals surface area contributed by atoms with Gasteiger partial charge in [-0.1, -0.05) is 19.6 Å². The van der Waals surface area contributed by atoms with Crippen LogP contribution in [0.25, 0.3) is 0 Å². The molecule has 1 unspecified atom stereocenters. The van der Waals surface area contributed by atoms with E-state index in [9.17, 15) is 4.79 Å². The van der Waals surface area contributed by atoms with E-state index in [-0.39, 0.29) is 12.7 Å². The van der Waals surface area contributed by atoms with Gasteiger partial charge in [0.15, 0.2) is 0 Å². The largest absolute Gasteiger partial charge is 0.497 e. The third-order valence-corrected chi connectivity index (χ3v) is 10.1. The van der Waals surface area contributed by atoms with Gasteiger partial charge in [-0.15, -0.1) is 0 Å². The van der Waals surface area contributed by atoms with Crippen LogP contribution in [-0.2, 0) is 19.0 Å². The molecule has 1 atom stereocenters. The van der Waals surface area contributed by atoms with E-state index in [0.29, 0.717) is 12.3 Å². The van der Waals surface area contributed by atoms with E-state index in [4.69, 9.17) is 18.9 Å². The Hall–Kier alpha value is -3.09. The Morgan fingerprint density at radius 3 is 2.52 bits per heavy atom. The van der Waals surface area contributed by atoms with Crippen LogP contribution in [-0.4, -0.2) is 98.9 Å². The lowest BCUT2D eigenvalue weighted by Gasteiger charge is -2.32. The number of hydrogen-bond acceptors (Lipinski definition) is 9. The van der Waals surface area contributed by atoms with Gasteiger partial charge in [0.25, 0.3) is 5.91 Å². The highest BCUT2D eigenvalue weighted by atomic mass is 28.3. The minimum absolute atomic E-state index is 0.143. The normalized spacial score (nSPS) is 19.5. The van der Waals surface area contributed by atoms with E-state index in [1.165, 1.54) is 0 Å². The molecule has 3 heterocycles. The Morgan fingerprint density at radius 1 is 1.02 bits per heavy atom. The highest BCUT2D eigenvalue weighted by Crippen LogP contribution is 2.43. The van der Waals surface area contributed by atoms with Gasteiger partial charge in [-0.2, -0.15) is 0 Å². The molecule has 240 valence electrons. The third-order valence-electron chi connectivity index (χ3n) is 8.38. The second kappa shape index (κ2) is 14.8. The molecular formula is C33H49N5O5Si. The molecule has 0 aromatic heterocycles. The number of fused-ring (bicyclic) bond motifs is 1. The van der Waals surface area contributed by atoms with Crippen molar-refractivity contribution in [2.75, 3.05) is 100 Å². The zero-order valence-corrected chi connectivity index (χ0v) is 28.0. The van der Waals surface area contributed by atoms with Crippen molar-refractivity contribution in [2.24, 2.45) is 0 Å². The summed E-state index contributed by atoms with van der Waals surface area (Å²) < 4.78 is 23.5. The quantitative estimate of drug-likeness (QED) is 0.204. The number of anilines is 4. The van der Waals surface area contributed by atoms with Gasteiger partial charge in [0.2, 0.25) is 0 Å². The number of morpholine rings is 1. The van der Waals surface area contributed by atoms with Crippen molar-refractivity contribution in [2.45, 2.75) is 38.2 Å². The van der Waals surface area contributed by atoms with Crippen LogP contribution in [0.5, 0.6) is 5.75 Å². The first-order chi connectivity index (χ1) is 21.2. The molecule has 2 saturated heterocycles. The number of methoxy groups -OCH3 is 1. The summed E-state index contributed by atoms with van der Waals surface area (Å²) in [5, 5.41) is 6.56. The fourth-order valence-electron chi connectivity index (χ4n) is 5.66. The van der Waals surface area contributed by atoms with Crippen LogP contribution < -0.4 is 25.2 Å². The lowest BCUT2D eigenvalue weighted by molar-refractivity contribution is -0.113. The summed E-state index contributed by atoms with van der Waals surface area (Å²) in [6, 6.07) is 13.1. The summed E-state index contributed by atoms with van der Waals surface area (Å²) >= 11 is 0. The van der Waals surface area contributed by atoms with Gasteiger partial charge >= 0.3 is 0 Å². The number of nitrogens with zero attached hydrogens (tertiary/aromatic N) is 3. The molecule has 2 fully saturated rings. The summed E-state index contributed by atoms with van der Waals surface area (Å²) in [5.41, 5.74) is 5.11. The van der Waals surface area contributed by atoms with Crippen molar-refractivity contribution in [3.8, 4) is 5.75 Å². The van der Waals surface area contributed by atoms with Crippen LogP contribution in [0.4, 0.5) is 22.7 Å². The molecule has 0 saturated carbocycles. The SMILES string of the molecule is COc1cc2c(c(N3CCCN(C)CC3)c1)NC(C(=O)Nc1ccc(N3CCOCC3)cc1)=CC2OCOCC[Si](C)(C)C. The smallest absolute Gasteiger partial charge is 0.271 e. The number of carbonyl (C=O) groups is 1. The van der Waals surface area contributed by atoms with Gasteiger partial charge in [0.1, 0.15) is 24.3 Å². The van der Waals surface area contributed by atoms with Crippen LogP contribution in [0.1, 0.15) is 18.1 Å². The number of amides is 1. The molecule has 2 aromatic rings. The standard InChI is InChI=1S/C33H49N5O5Si/c1-36-11-6-12-38(14-13-36)30-22-27(40-2)21-28-31(43-24-42-19-20-44(3,4)5)23-29(35-32(28)30)33(39)34-25-7-9-26(10-8-25)37-15-17-41-18-16-37/h7-10,21-23,31,35H,6,11-20,24H2,1-5H3,(H,34,39). The van der Waals surface area contributed by atoms with Crippen LogP contribution in [0, 0.1) is 0 Å². The topological polar surface area (TPSA) is 87.8 Å². The number of likely N-dealkylation sites (N-methyl/N-ethyl adjacent to an activating group) is 1. The van der Waals surface area contributed by atoms with E-state index in [1.807, 2.05) is 36.4 Å². The maximum Gasteiger partial charge on any atom is 0.271 e. The summed E-state index contributed by atoms with van der Waals surface area (Å²) in [7, 11) is 2.63. The minimum atomic E-state index is -1.22. The molecule has 0 aliphatic carbocycles. The second-order valence-corrected chi connectivity index (χ2v) is 18.6. The van der Waals surface area contributed by atoms with Gasteiger partial charge in [0, 0.05) is 70.4 Å². The van der Waals surface area contributed by atoms with Crippen LogP contribution in [0.15, 0.2) is 48.2 Å². The molecule has 11 heteroatoms. The summed E-state index contributed by atoms with van der Waals surface area (Å²) in [6.07, 6.45) is 2.42. The number of rotatable bonds is 11. The Labute approximate surface area is 263 Å². The zero-order valence-electron chi connectivity index (χ0n) is 27.0. The molecule has 5 rings (SSSR count). The molecule has 10 nitrogen and oxygen atoms in total. The maximum atomic E-state index is 13.7. The summed E-state index contributed by atoms with van der Waals surface area (Å²) in [5.74, 6) is 0.536. The van der Waals surface area contributed by atoms with Crippen molar-refractivity contribution >= 4 is 36.7 Å². The van der Waals surface area contributed by atoms with Crippen molar-refractivity contribution in [1.82, 2.24) is 4.90 Å². The average molecular weight is 624 g/mol. The second-order valence-electron chi connectivity index (χ2n) is 13.0. The number of ether oxygens (including phenoxy) is 4. The Morgan fingerprint density at radius 2 is 1.80 bits per heavy atom. The first-order valence-corrected chi connectivity index (χ1v) is 19.5. The molecule has 3 aliphatic heterocycles. The molecule has 0 radical (unpaired) electrons. The average Bonchev–Trinajstić information content (AvgIpc) is 3.24. The minimum Gasteiger partial charge on any atom is -0.497 e. The van der Waals surface area contributed by atoms with Crippen molar-refractivity contribution in [3.63, 3.8) is 0 Å². The fraction of sp³-hybridized carbons (Fsp3) is 0.545. The van der Waals surface area contributed by atoms with Gasteiger partial charge in [-0.25, -0.2) is 0 Å². The van der Waals surface area contributed by atoms with Crippen molar-refractivity contribution in [3.05, 3.63) is 53.7 Å². The first kappa shape index (κ1) is 32.3. The molecule has 2 aromatic carbocycles. The number of nitrogens with one attached hydrogen (secondary N) is 2. The van der Waals surface area contributed by atoms with Crippen LogP contribution in [0.3, 0.4) is 0 Å².